The fraction of sp³-hybridized carbons (Fsp3) is 0.700. The number of aromatic nitrogens is 1. The maximum absolute atomic E-state index is 5.54. The van der Waals surface area contributed by atoms with Gasteiger partial charge in [0.05, 0.1) is 16.7 Å². The largest absolute Gasteiger partial charge is 0.377 e. The van der Waals surface area contributed by atoms with Crippen LogP contribution in [0, 0.1) is 6.92 Å². The van der Waals surface area contributed by atoms with E-state index in [0.717, 1.165) is 17.1 Å². The first-order valence-electron chi connectivity index (χ1n) is 4.92. The average molecular weight is 229 g/mol. The Labute approximate surface area is 94.8 Å². The Kier molecular flexibility index (Phi) is 4.21. The van der Waals surface area contributed by atoms with Gasteiger partial charge in [-0.1, -0.05) is 0 Å². The lowest BCUT2D eigenvalue weighted by Crippen LogP contribution is -2.52. The molecule has 1 atom stereocenters. The van der Waals surface area contributed by atoms with Crippen molar-refractivity contribution in [2.75, 3.05) is 7.11 Å². The number of nitrogens with two attached hydrogens (primary N) is 1. The second-order valence-corrected chi connectivity index (χ2v) is 5.06. The number of rotatable bonds is 5. The summed E-state index contributed by atoms with van der Waals surface area (Å²) in [6.07, 6.45) is 0.788. The first-order valence-corrected chi connectivity index (χ1v) is 5.80. The first-order chi connectivity index (χ1) is 6.99. The molecular weight excluding hydrogens is 210 g/mol. The molecule has 4 nitrogen and oxygen atoms in total. The van der Waals surface area contributed by atoms with Crippen LogP contribution in [0.5, 0.6) is 0 Å². The number of hydrazine groups is 1. The maximum Gasteiger partial charge on any atom is 0.0945 e. The molecule has 0 saturated heterocycles. The quantitative estimate of drug-likeness (QED) is 0.589. The van der Waals surface area contributed by atoms with Gasteiger partial charge in [0.15, 0.2) is 0 Å². The van der Waals surface area contributed by atoms with Crippen LogP contribution in [0.3, 0.4) is 0 Å². The van der Waals surface area contributed by atoms with Crippen LogP contribution in [0.25, 0.3) is 0 Å². The van der Waals surface area contributed by atoms with Crippen LogP contribution in [0.15, 0.2) is 5.38 Å². The monoisotopic (exact) mass is 229 g/mol. The highest BCUT2D eigenvalue weighted by Crippen LogP contribution is 2.19. The lowest BCUT2D eigenvalue weighted by molar-refractivity contribution is -0.0101. The molecule has 1 rings (SSSR count). The summed E-state index contributed by atoms with van der Waals surface area (Å²) in [5.74, 6) is 5.54. The molecule has 15 heavy (non-hydrogen) atoms. The van der Waals surface area contributed by atoms with Crippen molar-refractivity contribution in [3.05, 3.63) is 16.1 Å². The molecule has 1 unspecified atom stereocenters. The second kappa shape index (κ2) is 5.03. The molecule has 0 aliphatic heterocycles. The van der Waals surface area contributed by atoms with E-state index in [9.17, 15) is 0 Å². The summed E-state index contributed by atoms with van der Waals surface area (Å²) in [5, 5.41) is 3.13. The van der Waals surface area contributed by atoms with E-state index < -0.39 is 0 Å². The minimum Gasteiger partial charge on any atom is -0.377 e. The fourth-order valence-corrected chi connectivity index (χ4v) is 2.14. The number of aryl methyl sites for hydroxylation is 1. The number of hydrogen-bond donors (Lipinski definition) is 2. The van der Waals surface area contributed by atoms with E-state index >= 15 is 0 Å². The van der Waals surface area contributed by atoms with Gasteiger partial charge in [-0.25, -0.2) is 4.98 Å². The van der Waals surface area contributed by atoms with Crippen LogP contribution in [-0.4, -0.2) is 23.7 Å². The Morgan fingerprint density at radius 1 is 1.67 bits per heavy atom. The smallest absolute Gasteiger partial charge is 0.0945 e. The van der Waals surface area contributed by atoms with Gasteiger partial charge in [-0.2, -0.15) is 0 Å². The number of nitrogens with one attached hydrogen (secondary N) is 1. The molecule has 3 N–H and O–H groups in total. The van der Waals surface area contributed by atoms with Gasteiger partial charge in [0.1, 0.15) is 0 Å². The van der Waals surface area contributed by atoms with Gasteiger partial charge in [0.25, 0.3) is 0 Å². The topological polar surface area (TPSA) is 60.2 Å². The van der Waals surface area contributed by atoms with Crippen LogP contribution in [0.1, 0.15) is 24.5 Å². The third-order valence-electron chi connectivity index (χ3n) is 2.61. The van der Waals surface area contributed by atoms with Crippen LogP contribution in [-0.2, 0) is 11.2 Å². The van der Waals surface area contributed by atoms with E-state index in [2.05, 4.69) is 10.4 Å². The predicted octanol–water partition coefficient (Wildman–Crippen LogP) is 1.25. The van der Waals surface area contributed by atoms with E-state index in [0.29, 0.717) is 0 Å². The number of methoxy groups -OCH3 is 1. The summed E-state index contributed by atoms with van der Waals surface area (Å²) in [6, 6.07) is 0.0630. The Hall–Kier alpha value is -0.490. The van der Waals surface area contributed by atoms with E-state index in [1.54, 1.807) is 18.4 Å². The zero-order valence-corrected chi connectivity index (χ0v) is 10.5. The fourth-order valence-electron chi connectivity index (χ4n) is 1.32. The Balaban J connectivity index is 2.69. The second-order valence-electron chi connectivity index (χ2n) is 4.11. The van der Waals surface area contributed by atoms with Gasteiger partial charge >= 0.3 is 0 Å². The molecule has 0 spiro atoms. The minimum atomic E-state index is -0.297. The predicted molar refractivity (Wildman–Crippen MR) is 62.8 cm³/mol. The molecule has 0 bridgehead atoms. The standard InChI is InChI=1S/C10H19N3OS/c1-7-6-15-9(12-7)5-8(13-11)10(2,3)14-4/h6,8,13H,5,11H2,1-4H3. The van der Waals surface area contributed by atoms with Gasteiger partial charge in [0, 0.05) is 24.6 Å². The lowest BCUT2D eigenvalue weighted by atomic mass is 9.96. The summed E-state index contributed by atoms with van der Waals surface area (Å²) >= 11 is 1.66. The Bertz CT molecular complexity index is 311. The Morgan fingerprint density at radius 3 is 2.73 bits per heavy atom. The highest BCUT2D eigenvalue weighted by atomic mass is 32.1. The van der Waals surface area contributed by atoms with Crippen molar-refractivity contribution < 1.29 is 4.74 Å². The van der Waals surface area contributed by atoms with Crippen molar-refractivity contribution in [1.82, 2.24) is 10.4 Å². The summed E-state index contributed by atoms with van der Waals surface area (Å²) in [6.45, 7) is 6.02. The molecular formula is C10H19N3OS. The molecule has 86 valence electrons. The zero-order chi connectivity index (χ0) is 11.5. The zero-order valence-electron chi connectivity index (χ0n) is 9.70. The molecule has 0 saturated carbocycles. The molecule has 0 aliphatic rings. The van der Waals surface area contributed by atoms with E-state index in [1.165, 1.54) is 0 Å². The number of thiazole rings is 1. The van der Waals surface area contributed by atoms with Crippen molar-refractivity contribution in [1.29, 1.82) is 0 Å². The average Bonchev–Trinajstić information content (AvgIpc) is 2.60. The molecule has 0 aliphatic carbocycles. The molecule has 0 radical (unpaired) electrons. The van der Waals surface area contributed by atoms with E-state index in [-0.39, 0.29) is 11.6 Å². The third-order valence-corrected chi connectivity index (χ3v) is 3.60. The van der Waals surface area contributed by atoms with E-state index in [4.69, 9.17) is 10.6 Å². The van der Waals surface area contributed by atoms with Crippen LogP contribution >= 0.6 is 11.3 Å². The number of nitrogens with zero attached hydrogens (tertiary/aromatic N) is 1. The molecule has 1 aromatic rings. The summed E-state index contributed by atoms with van der Waals surface area (Å²) < 4.78 is 5.40. The lowest BCUT2D eigenvalue weighted by Gasteiger charge is -2.31. The van der Waals surface area contributed by atoms with Crippen molar-refractivity contribution in [3.63, 3.8) is 0 Å². The maximum atomic E-state index is 5.54. The highest BCUT2D eigenvalue weighted by Gasteiger charge is 2.29. The molecule has 0 aromatic carbocycles. The highest BCUT2D eigenvalue weighted by molar-refractivity contribution is 7.09. The summed E-state index contributed by atoms with van der Waals surface area (Å²) in [5.41, 5.74) is 3.55. The van der Waals surface area contributed by atoms with E-state index in [1.807, 2.05) is 26.2 Å². The summed E-state index contributed by atoms with van der Waals surface area (Å²) in [7, 11) is 1.69. The summed E-state index contributed by atoms with van der Waals surface area (Å²) in [4.78, 5) is 4.41. The van der Waals surface area contributed by atoms with Gasteiger partial charge in [-0.3, -0.25) is 11.3 Å². The molecule has 0 fully saturated rings. The number of hydrogen-bond acceptors (Lipinski definition) is 5. The first kappa shape index (κ1) is 12.6. The normalized spacial score (nSPS) is 14.2. The molecule has 1 aromatic heterocycles. The van der Waals surface area contributed by atoms with Gasteiger partial charge in [-0.05, 0) is 20.8 Å². The van der Waals surface area contributed by atoms with Gasteiger partial charge in [0.2, 0.25) is 0 Å². The van der Waals surface area contributed by atoms with Crippen LogP contribution < -0.4 is 11.3 Å². The molecule has 0 amide bonds. The Morgan fingerprint density at radius 2 is 2.33 bits per heavy atom. The molecule has 1 heterocycles. The van der Waals surface area contributed by atoms with Crippen molar-refractivity contribution in [2.45, 2.75) is 38.8 Å². The minimum absolute atomic E-state index is 0.0630. The SMILES string of the molecule is COC(C)(C)C(Cc1nc(C)cs1)NN. The van der Waals surface area contributed by atoms with Crippen LogP contribution in [0.4, 0.5) is 0 Å². The third kappa shape index (κ3) is 3.24. The van der Waals surface area contributed by atoms with Crippen molar-refractivity contribution >= 4 is 11.3 Å². The van der Waals surface area contributed by atoms with Crippen molar-refractivity contribution in [2.24, 2.45) is 5.84 Å². The van der Waals surface area contributed by atoms with Gasteiger partial charge in [-0.15, -0.1) is 11.3 Å². The number of ether oxygens (including phenoxy) is 1. The van der Waals surface area contributed by atoms with Gasteiger partial charge < -0.3 is 4.74 Å². The molecule has 5 heteroatoms. The van der Waals surface area contributed by atoms with Crippen molar-refractivity contribution in [3.8, 4) is 0 Å². The van der Waals surface area contributed by atoms with Crippen LogP contribution in [0.2, 0.25) is 0 Å².